The van der Waals surface area contributed by atoms with Gasteiger partial charge in [0.05, 0.1) is 5.52 Å². The number of amides is 1. The first-order valence-electron chi connectivity index (χ1n) is 10.9. The largest absolute Gasteiger partial charge is 0.377 e. The maximum atomic E-state index is 12.9. The molecule has 1 saturated carbocycles. The number of ether oxygens (including phenoxy) is 1. The zero-order valence-electron chi connectivity index (χ0n) is 17.5. The number of anilines is 1. The molecule has 3 aromatic rings. The van der Waals surface area contributed by atoms with Gasteiger partial charge in [-0.15, -0.1) is 10.2 Å². The van der Waals surface area contributed by atoms with Gasteiger partial charge in [-0.25, -0.2) is 9.38 Å². The van der Waals surface area contributed by atoms with Crippen LogP contribution in [0.2, 0.25) is 0 Å². The molecule has 1 aromatic carbocycles. The van der Waals surface area contributed by atoms with Crippen molar-refractivity contribution in [2.45, 2.75) is 38.7 Å². The number of nitrogens with zero attached hydrogens (tertiary/aromatic N) is 6. The van der Waals surface area contributed by atoms with E-state index in [4.69, 9.17) is 9.72 Å². The monoisotopic (exact) mass is 408 g/mol. The molecule has 2 fully saturated rings. The molecule has 5 rings (SSSR count). The van der Waals surface area contributed by atoms with Crippen LogP contribution in [-0.2, 0) is 16.1 Å². The third kappa shape index (κ3) is 3.39. The smallest absolute Gasteiger partial charge is 0.225 e. The Bertz CT molecular complexity index is 1060. The molecule has 0 spiro atoms. The van der Waals surface area contributed by atoms with Crippen molar-refractivity contribution < 1.29 is 9.53 Å². The lowest BCUT2D eigenvalue weighted by molar-refractivity contribution is -0.135. The van der Waals surface area contributed by atoms with E-state index in [1.54, 1.807) is 7.11 Å². The van der Waals surface area contributed by atoms with Gasteiger partial charge in [0, 0.05) is 44.6 Å². The number of aromatic nitrogens is 4. The van der Waals surface area contributed by atoms with Crippen molar-refractivity contribution >= 4 is 28.4 Å². The standard InChI is InChI=1S/C22H28N6O2/c1-30-15-19-24-25-20-17-9-4-5-10-18(17)23-22(28(19)20)27-12-6-11-26(13-14-27)21(29)16-7-2-3-8-16/h4-5,9-10,16H,2-3,6-8,11-15H2,1H3. The number of carbonyl (C=O) groups excluding carboxylic acids is 1. The fourth-order valence-electron chi connectivity index (χ4n) is 4.82. The Morgan fingerprint density at radius 1 is 1.07 bits per heavy atom. The van der Waals surface area contributed by atoms with Crippen molar-refractivity contribution in [1.82, 2.24) is 24.5 Å². The fraction of sp³-hybridized carbons (Fsp3) is 0.545. The minimum absolute atomic E-state index is 0.230. The lowest BCUT2D eigenvalue weighted by atomic mass is 10.1. The summed E-state index contributed by atoms with van der Waals surface area (Å²) >= 11 is 0. The van der Waals surface area contributed by atoms with E-state index in [0.29, 0.717) is 12.5 Å². The molecule has 3 heterocycles. The number of rotatable bonds is 4. The summed E-state index contributed by atoms with van der Waals surface area (Å²) < 4.78 is 7.37. The Morgan fingerprint density at radius 2 is 1.90 bits per heavy atom. The summed E-state index contributed by atoms with van der Waals surface area (Å²) in [7, 11) is 1.66. The van der Waals surface area contributed by atoms with Crippen LogP contribution in [0.5, 0.6) is 0 Å². The van der Waals surface area contributed by atoms with Gasteiger partial charge in [-0.05, 0) is 31.4 Å². The second kappa shape index (κ2) is 8.18. The van der Waals surface area contributed by atoms with Gasteiger partial charge in [0.2, 0.25) is 11.9 Å². The van der Waals surface area contributed by atoms with Gasteiger partial charge in [-0.1, -0.05) is 25.0 Å². The van der Waals surface area contributed by atoms with Crippen molar-refractivity contribution in [3.8, 4) is 0 Å². The molecule has 8 nitrogen and oxygen atoms in total. The molecule has 0 bridgehead atoms. The molecule has 2 aliphatic rings. The van der Waals surface area contributed by atoms with E-state index in [1.165, 1.54) is 12.8 Å². The summed E-state index contributed by atoms with van der Waals surface area (Å²) in [5.41, 5.74) is 1.70. The van der Waals surface area contributed by atoms with E-state index >= 15 is 0 Å². The van der Waals surface area contributed by atoms with Gasteiger partial charge in [0.15, 0.2) is 11.5 Å². The van der Waals surface area contributed by atoms with Crippen LogP contribution < -0.4 is 4.90 Å². The van der Waals surface area contributed by atoms with Crippen LogP contribution >= 0.6 is 0 Å². The van der Waals surface area contributed by atoms with E-state index in [9.17, 15) is 4.79 Å². The van der Waals surface area contributed by atoms with Gasteiger partial charge in [0.25, 0.3) is 0 Å². The Balaban J connectivity index is 1.48. The second-order valence-electron chi connectivity index (χ2n) is 8.28. The van der Waals surface area contributed by atoms with Crippen LogP contribution in [0.4, 0.5) is 5.95 Å². The first-order chi connectivity index (χ1) is 14.8. The predicted octanol–water partition coefficient (Wildman–Crippen LogP) is 2.65. The van der Waals surface area contributed by atoms with Crippen LogP contribution in [0.1, 0.15) is 37.9 Å². The molecule has 30 heavy (non-hydrogen) atoms. The molecule has 0 N–H and O–H groups in total. The van der Waals surface area contributed by atoms with Gasteiger partial charge in [0.1, 0.15) is 6.61 Å². The maximum Gasteiger partial charge on any atom is 0.225 e. The molecule has 0 atom stereocenters. The zero-order valence-corrected chi connectivity index (χ0v) is 17.5. The van der Waals surface area contributed by atoms with Crippen LogP contribution in [0.15, 0.2) is 24.3 Å². The molecule has 1 aliphatic heterocycles. The highest BCUT2D eigenvalue weighted by atomic mass is 16.5. The summed E-state index contributed by atoms with van der Waals surface area (Å²) in [5, 5.41) is 9.78. The van der Waals surface area contributed by atoms with Crippen molar-refractivity contribution in [3.63, 3.8) is 0 Å². The van der Waals surface area contributed by atoms with Crippen molar-refractivity contribution in [3.05, 3.63) is 30.1 Å². The Labute approximate surface area is 175 Å². The average Bonchev–Trinajstić information content (AvgIpc) is 3.39. The van der Waals surface area contributed by atoms with Gasteiger partial charge >= 0.3 is 0 Å². The lowest BCUT2D eigenvalue weighted by Crippen LogP contribution is -2.38. The van der Waals surface area contributed by atoms with E-state index in [2.05, 4.69) is 20.0 Å². The number of fused-ring (bicyclic) bond motifs is 3. The average molecular weight is 409 g/mol. The maximum absolute atomic E-state index is 12.9. The van der Waals surface area contributed by atoms with Crippen molar-refractivity contribution in [2.75, 3.05) is 38.2 Å². The van der Waals surface area contributed by atoms with Gasteiger partial charge in [-0.3, -0.25) is 4.79 Å². The van der Waals surface area contributed by atoms with Crippen LogP contribution in [0, 0.1) is 5.92 Å². The quantitative estimate of drug-likeness (QED) is 0.661. The Morgan fingerprint density at radius 3 is 2.73 bits per heavy atom. The Hall–Kier alpha value is -2.74. The number of hydrogen-bond acceptors (Lipinski definition) is 6. The number of hydrogen-bond donors (Lipinski definition) is 0. The predicted molar refractivity (Wildman–Crippen MR) is 114 cm³/mol. The third-order valence-electron chi connectivity index (χ3n) is 6.36. The normalized spacial score (nSPS) is 18.4. The van der Waals surface area contributed by atoms with Crippen molar-refractivity contribution in [2.24, 2.45) is 5.92 Å². The van der Waals surface area contributed by atoms with Gasteiger partial charge < -0.3 is 14.5 Å². The highest BCUT2D eigenvalue weighted by Gasteiger charge is 2.29. The van der Waals surface area contributed by atoms with E-state index in [0.717, 1.165) is 73.8 Å². The second-order valence-corrected chi connectivity index (χ2v) is 8.28. The van der Waals surface area contributed by atoms with E-state index < -0.39 is 0 Å². The highest BCUT2D eigenvalue weighted by molar-refractivity contribution is 5.92. The first-order valence-corrected chi connectivity index (χ1v) is 10.9. The molecule has 8 heteroatoms. The number of benzene rings is 1. The molecule has 1 aliphatic carbocycles. The molecule has 0 radical (unpaired) electrons. The number of carbonyl (C=O) groups is 1. The third-order valence-corrected chi connectivity index (χ3v) is 6.36. The summed E-state index contributed by atoms with van der Waals surface area (Å²) in [5.74, 6) is 2.14. The summed E-state index contributed by atoms with van der Waals surface area (Å²) in [6.07, 6.45) is 5.40. The fourth-order valence-corrected chi connectivity index (χ4v) is 4.82. The minimum atomic E-state index is 0.230. The molecular formula is C22H28N6O2. The summed E-state index contributed by atoms with van der Waals surface area (Å²) in [6.45, 7) is 3.51. The van der Waals surface area contributed by atoms with Crippen LogP contribution in [0.25, 0.3) is 16.6 Å². The molecular weight excluding hydrogens is 380 g/mol. The molecule has 2 aromatic heterocycles. The van der Waals surface area contributed by atoms with Crippen LogP contribution in [-0.4, -0.2) is 63.7 Å². The van der Waals surface area contributed by atoms with Crippen molar-refractivity contribution in [1.29, 1.82) is 0 Å². The first kappa shape index (κ1) is 19.2. The molecule has 1 saturated heterocycles. The minimum Gasteiger partial charge on any atom is -0.377 e. The van der Waals surface area contributed by atoms with E-state index in [1.807, 2.05) is 28.7 Å². The molecule has 158 valence electrons. The topological polar surface area (TPSA) is 75.9 Å². The van der Waals surface area contributed by atoms with E-state index in [-0.39, 0.29) is 5.92 Å². The molecule has 1 amide bonds. The Kier molecular flexibility index (Phi) is 5.25. The summed E-state index contributed by atoms with van der Waals surface area (Å²) in [6, 6.07) is 8.02. The lowest BCUT2D eigenvalue weighted by Gasteiger charge is -2.25. The number of methoxy groups -OCH3 is 1. The van der Waals surface area contributed by atoms with Gasteiger partial charge in [-0.2, -0.15) is 0 Å². The highest BCUT2D eigenvalue weighted by Crippen LogP contribution is 2.28. The zero-order chi connectivity index (χ0) is 20.5. The SMILES string of the molecule is COCc1nnc2c3ccccc3nc(N3CCCN(C(=O)C4CCCC4)CC3)n12. The summed E-state index contributed by atoms with van der Waals surface area (Å²) in [4.78, 5) is 22.2. The molecule has 0 unspecified atom stereocenters. The van der Waals surface area contributed by atoms with Crippen LogP contribution in [0.3, 0.4) is 0 Å². The number of para-hydroxylation sites is 1.